The number of nitro groups is 1. The minimum atomic E-state index is -3.89. The van der Waals surface area contributed by atoms with Gasteiger partial charge in [-0.15, -0.1) is 0 Å². The maximum absolute atomic E-state index is 12.1. The molecule has 0 saturated carbocycles. The molecule has 0 unspecified atom stereocenters. The number of hydrogen-bond acceptors (Lipinski definition) is 8. The van der Waals surface area contributed by atoms with Crippen LogP contribution in [0.15, 0.2) is 33.7 Å². The third-order valence-electron chi connectivity index (χ3n) is 3.01. The molecule has 0 fully saturated rings. The van der Waals surface area contributed by atoms with Crippen LogP contribution < -0.4 is 4.72 Å². The molecule has 1 aromatic heterocycles. The summed E-state index contributed by atoms with van der Waals surface area (Å²) in [6.07, 6.45) is -0.377. The summed E-state index contributed by atoms with van der Waals surface area (Å²) in [6.45, 7) is -0.599. The molecule has 0 spiro atoms. The zero-order valence-corrected chi connectivity index (χ0v) is 13.6. The quantitative estimate of drug-likeness (QED) is 0.466. The molecular formula is C13H14N4O7S. The molecule has 0 radical (unpaired) electrons. The predicted molar refractivity (Wildman–Crippen MR) is 82.7 cm³/mol. The Kier molecular flexibility index (Phi) is 5.77. The average molecular weight is 370 g/mol. The number of aromatic nitrogens is 2. The lowest BCUT2D eigenvalue weighted by Gasteiger charge is -2.06. The van der Waals surface area contributed by atoms with Crippen molar-refractivity contribution in [3.05, 3.63) is 40.3 Å². The summed E-state index contributed by atoms with van der Waals surface area (Å²) in [6, 6.07) is 5.65. The Hall–Kier alpha value is -2.86. The first-order valence-electron chi connectivity index (χ1n) is 7.04. The van der Waals surface area contributed by atoms with Crippen LogP contribution in [0.25, 0.3) is 11.4 Å². The zero-order valence-electron chi connectivity index (χ0n) is 12.8. The summed E-state index contributed by atoms with van der Waals surface area (Å²) in [5.41, 5.74) is 0.345. The van der Waals surface area contributed by atoms with Crippen molar-refractivity contribution < 1.29 is 27.8 Å². The molecule has 1 heterocycles. The van der Waals surface area contributed by atoms with Crippen LogP contribution in [-0.2, 0) is 21.2 Å². The highest BCUT2D eigenvalue weighted by atomic mass is 32.2. The zero-order chi connectivity index (χ0) is 18.4. The predicted octanol–water partition coefficient (Wildman–Crippen LogP) is 0.309. The molecule has 0 aliphatic carbocycles. The molecule has 25 heavy (non-hydrogen) atoms. The van der Waals surface area contributed by atoms with Crippen molar-refractivity contribution in [1.82, 2.24) is 14.9 Å². The normalized spacial score (nSPS) is 11.4. The van der Waals surface area contributed by atoms with Gasteiger partial charge in [-0.3, -0.25) is 14.9 Å². The molecule has 0 atom stereocenters. The van der Waals surface area contributed by atoms with E-state index in [-0.39, 0.29) is 42.5 Å². The van der Waals surface area contributed by atoms with E-state index in [4.69, 9.17) is 9.63 Å². The highest BCUT2D eigenvalue weighted by molar-refractivity contribution is 7.89. The second-order valence-electron chi connectivity index (χ2n) is 4.89. The van der Waals surface area contributed by atoms with Crippen LogP contribution in [0, 0.1) is 10.1 Å². The van der Waals surface area contributed by atoms with E-state index in [0.717, 1.165) is 0 Å². The third kappa shape index (κ3) is 5.32. The van der Waals surface area contributed by atoms with Crippen LogP contribution in [0.3, 0.4) is 0 Å². The molecule has 0 bridgehead atoms. The Morgan fingerprint density at radius 3 is 2.84 bits per heavy atom. The smallest absolute Gasteiger partial charge is 0.304 e. The Bertz CT molecular complexity index is 878. The van der Waals surface area contributed by atoms with Crippen molar-refractivity contribution in [1.29, 1.82) is 0 Å². The van der Waals surface area contributed by atoms with Crippen LogP contribution in [0.2, 0.25) is 0 Å². The Morgan fingerprint density at radius 2 is 2.16 bits per heavy atom. The molecule has 2 aromatic rings. The molecule has 134 valence electrons. The molecule has 0 aliphatic heterocycles. The molecule has 1 aromatic carbocycles. The largest absolute Gasteiger partial charge is 0.481 e. The monoisotopic (exact) mass is 370 g/mol. The number of rotatable bonds is 9. The number of sulfonamides is 1. The number of carbonyl (C=O) groups is 1. The standard InChI is InChI=1S/C13H14N4O7S/c18-12(19)4-6-14-25(22,23)10-3-1-2-9(8-10)13-15-11(24-16-13)5-7-17(20)21/h1-3,8,14H,4-7H2,(H,18,19). The fraction of sp³-hybridized carbons (Fsp3) is 0.308. The minimum absolute atomic E-state index is 0.0330. The first-order chi connectivity index (χ1) is 11.8. The molecule has 0 amide bonds. The Labute approximate surface area is 141 Å². The van der Waals surface area contributed by atoms with Gasteiger partial charge in [0.2, 0.25) is 28.3 Å². The fourth-order valence-corrected chi connectivity index (χ4v) is 2.92. The number of hydrogen-bond donors (Lipinski definition) is 2. The summed E-state index contributed by atoms with van der Waals surface area (Å²) in [7, 11) is -3.89. The maximum atomic E-state index is 12.1. The van der Waals surface area contributed by atoms with Crippen LogP contribution in [0.5, 0.6) is 0 Å². The Balaban J connectivity index is 2.15. The first kappa shape index (κ1) is 18.5. The van der Waals surface area contributed by atoms with Gasteiger partial charge in [0, 0.05) is 17.0 Å². The van der Waals surface area contributed by atoms with E-state index in [0.29, 0.717) is 5.56 Å². The van der Waals surface area contributed by atoms with Gasteiger partial charge in [-0.1, -0.05) is 17.3 Å². The van der Waals surface area contributed by atoms with Crippen LogP contribution in [0.4, 0.5) is 0 Å². The van der Waals surface area contributed by atoms with Gasteiger partial charge in [0.25, 0.3) is 0 Å². The highest BCUT2D eigenvalue weighted by Gasteiger charge is 2.17. The van der Waals surface area contributed by atoms with Gasteiger partial charge in [0.05, 0.1) is 17.7 Å². The molecule has 11 nitrogen and oxygen atoms in total. The second-order valence-corrected chi connectivity index (χ2v) is 6.65. The van der Waals surface area contributed by atoms with Crippen molar-refractivity contribution in [3.8, 4) is 11.4 Å². The van der Waals surface area contributed by atoms with Gasteiger partial charge in [-0.2, -0.15) is 4.98 Å². The summed E-state index contributed by atoms with van der Waals surface area (Å²) < 4.78 is 31.3. The van der Waals surface area contributed by atoms with Gasteiger partial charge in [-0.25, -0.2) is 13.1 Å². The van der Waals surface area contributed by atoms with Crippen molar-refractivity contribution in [2.45, 2.75) is 17.7 Å². The molecular weight excluding hydrogens is 356 g/mol. The molecule has 12 heteroatoms. The van der Waals surface area contributed by atoms with Crippen LogP contribution in [0.1, 0.15) is 12.3 Å². The Morgan fingerprint density at radius 1 is 1.40 bits per heavy atom. The van der Waals surface area contributed by atoms with Gasteiger partial charge in [0.1, 0.15) is 0 Å². The first-order valence-corrected chi connectivity index (χ1v) is 8.52. The SMILES string of the molecule is O=C(O)CCNS(=O)(=O)c1cccc(-c2noc(CC[N+](=O)[O-])n2)c1. The number of benzene rings is 1. The number of carboxylic acid groups (broad SMARTS) is 1. The van der Waals surface area contributed by atoms with Crippen molar-refractivity contribution in [2.24, 2.45) is 0 Å². The minimum Gasteiger partial charge on any atom is -0.481 e. The maximum Gasteiger partial charge on any atom is 0.304 e. The van der Waals surface area contributed by atoms with Gasteiger partial charge >= 0.3 is 5.97 Å². The summed E-state index contributed by atoms with van der Waals surface area (Å²) in [5.74, 6) is -0.953. The molecule has 2 rings (SSSR count). The highest BCUT2D eigenvalue weighted by Crippen LogP contribution is 2.20. The topological polar surface area (TPSA) is 166 Å². The third-order valence-corrected chi connectivity index (χ3v) is 4.47. The van der Waals surface area contributed by atoms with E-state index < -0.39 is 20.9 Å². The molecule has 2 N–H and O–H groups in total. The summed E-state index contributed by atoms with van der Waals surface area (Å²) in [5, 5.41) is 22.6. The van der Waals surface area contributed by atoms with Crippen LogP contribution >= 0.6 is 0 Å². The average Bonchev–Trinajstić information content (AvgIpc) is 3.01. The van der Waals surface area contributed by atoms with Crippen LogP contribution in [-0.4, -0.2) is 47.6 Å². The van der Waals surface area contributed by atoms with E-state index in [1.54, 1.807) is 6.07 Å². The van der Waals surface area contributed by atoms with Gasteiger partial charge in [0.15, 0.2) is 0 Å². The van der Waals surface area contributed by atoms with Crippen molar-refractivity contribution in [2.75, 3.05) is 13.1 Å². The lowest BCUT2D eigenvalue weighted by molar-refractivity contribution is -0.479. The number of carboxylic acids is 1. The lowest BCUT2D eigenvalue weighted by Crippen LogP contribution is -2.26. The van der Waals surface area contributed by atoms with E-state index in [1.807, 2.05) is 0 Å². The summed E-state index contributed by atoms with van der Waals surface area (Å²) >= 11 is 0. The number of aliphatic carboxylic acids is 1. The van der Waals surface area contributed by atoms with E-state index >= 15 is 0 Å². The van der Waals surface area contributed by atoms with E-state index in [1.165, 1.54) is 18.2 Å². The van der Waals surface area contributed by atoms with Gasteiger partial charge in [-0.05, 0) is 12.1 Å². The summed E-state index contributed by atoms with van der Waals surface area (Å²) in [4.78, 5) is 24.2. The second kappa shape index (κ2) is 7.81. The lowest BCUT2D eigenvalue weighted by atomic mass is 10.2. The number of nitrogens with one attached hydrogen (secondary N) is 1. The molecule has 0 saturated heterocycles. The van der Waals surface area contributed by atoms with Gasteiger partial charge < -0.3 is 9.63 Å². The fourth-order valence-electron chi connectivity index (χ4n) is 1.84. The van der Waals surface area contributed by atoms with E-state index in [2.05, 4.69) is 14.9 Å². The van der Waals surface area contributed by atoms with E-state index in [9.17, 15) is 23.3 Å². The van der Waals surface area contributed by atoms with Crippen molar-refractivity contribution in [3.63, 3.8) is 0 Å². The molecule has 0 aliphatic rings. The van der Waals surface area contributed by atoms with Crippen molar-refractivity contribution >= 4 is 16.0 Å². The number of nitrogens with zero attached hydrogens (tertiary/aromatic N) is 3.